The molecule has 6 nitrogen and oxygen atoms in total. The van der Waals surface area contributed by atoms with E-state index in [2.05, 4.69) is 4.74 Å². The monoisotopic (exact) mass is 176 g/mol. The van der Waals surface area contributed by atoms with Crippen molar-refractivity contribution in [3.8, 4) is 0 Å². The summed E-state index contributed by atoms with van der Waals surface area (Å²) < 4.78 is 4.46. The lowest BCUT2D eigenvalue weighted by atomic mass is 10.3. The smallest absolute Gasteiger partial charge is 0.336 e. The number of rotatable bonds is 4. The minimum Gasteiger partial charge on any atom is -0.480 e. The lowest BCUT2D eigenvalue weighted by Gasteiger charge is -2.12. The van der Waals surface area contributed by atoms with E-state index in [1.807, 2.05) is 0 Å². The number of aliphatic carboxylic acids is 1. The summed E-state index contributed by atoms with van der Waals surface area (Å²) in [6.07, 6.45) is -0.374. The molecule has 0 spiro atoms. The molecule has 0 fully saturated rings. The maximum atomic E-state index is 10.7. The molecule has 0 radical (unpaired) electrons. The van der Waals surface area contributed by atoms with E-state index in [4.69, 9.17) is 16.6 Å². The maximum Gasteiger partial charge on any atom is 0.336 e. The topological polar surface area (TPSA) is 116 Å². The number of carbonyl (C=O) groups is 2. The Morgan fingerprint density at radius 1 is 1.50 bits per heavy atom. The molecule has 0 aliphatic rings. The predicted octanol–water partition coefficient (Wildman–Crippen LogP) is -1.36. The Morgan fingerprint density at radius 2 is 2.00 bits per heavy atom. The molecule has 0 heterocycles. The fourth-order valence-corrected chi connectivity index (χ4v) is 0.407. The molecule has 12 heavy (non-hydrogen) atoms. The highest BCUT2D eigenvalue weighted by Gasteiger charge is 2.24. The van der Waals surface area contributed by atoms with Crippen molar-refractivity contribution in [2.45, 2.75) is 25.6 Å². The van der Waals surface area contributed by atoms with Gasteiger partial charge in [0.05, 0.1) is 0 Å². The maximum absolute atomic E-state index is 10.7. The van der Waals surface area contributed by atoms with Crippen LogP contribution in [0.4, 0.5) is 0 Å². The van der Waals surface area contributed by atoms with Crippen LogP contribution >= 0.6 is 0 Å². The molecule has 70 valence electrons. The number of hydrogen-bond donors (Lipinski definition) is 3. The summed E-state index contributed by atoms with van der Waals surface area (Å²) >= 11 is 0. The largest absolute Gasteiger partial charge is 0.480 e. The van der Waals surface area contributed by atoms with Gasteiger partial charge in [0.15, 0.2) is 6.23 Å². The average molecular weight is 176 g/mol. The van der Waals surface area contributed by atoms with Gasteiger partial charge < -0.3 is 15.6 Å². The third-order valence-electron chi connectivity index (χ3n) is 1.19. The van der Waals surface area contributed by atoms with E-state index in [1.165, 1.54) is 0 Å². The molecule has 0 saturated heterocycles. The van der Waals surface area contributed by atoms with Crippen LogP contribution < -0.4 is 11.5 Å². The van der Waals surface area contributed by atoms with Crippen LogP contribution in [0.5, 0.6) is 0 Å². The van der Waals surface area contributed by atoms with Gasteiger partial charge in [-0.05, 0) is 6.42 Å². The fourth-order valence-electron chi connectivity index (χ4n) is 0.407. The molecule has 0 aliphatic heterocycles. The van der Waals surface area contributed by atoms with Crippen molar-refractivity contribution >= 4 is 11.9 Å². The molecule has 0 saturated carbocycles. The second-order valence-electron chi connectivity index (χ2n) is 2.20. The molecule has 6 heteroatoms. The molecule has 0 rings (SSSR count). The highest BCUT2D eigenvalue weighted by atomic mass is 16.6. The van der Waals surface area contributed by atoms with Crippen LogP contribution in [0.1, 0.15) is 13.3 Å². The first-order chi connectivity index (χ1) is 5.49. The zero-order valence-corrected chi connectivity index (χ0v) is 6.69. The van der Waals surface area contributed by atoms with Crippen molar-refractivity contribution in [3.63, 3.8) is 0 Å². The van der Waals surface area contributed by atoms with Gasteiger partial charge in [-0.2, -0.15) is 0 Å². The standard InChI is InChI=1S/C6H12N2O4/c1-2-3(7)12-6(11)4(8)5(9)10/h3-4H,2,7-8H2,1H3,(H,9,10). The van der Waals surface area contributed by atoms with Gasteiger partial charge in [-0.15, -0.1) is 0 Å². The SMILES string of the molecule is CCC(N)OC(=O)C(N)C(=O)O. The molecule has 0 amide bonds. The van der Waals surface area contributed by atoms with Crippen LogP contribution in [-0.2, 0) is 14.3 Å². The van der Waals surface area contributed by atoms with Crippen molar-refractivity contribution in [1.29, 1.82) is 0 Å². The fraction of sp³-hybridized carbons (Fsp3) is 0.667. The molecule has 0 aromatic rings. The van der Waals surface area contributed by atoms with E-state index in [-0.39, 0.29) is 0 Å². The predicted molar refractivity (Wildman–Crippen MR) is 40.0 cm³/mol. The molecule has 0 aromatic carbocycles. The van der Waals surface area contributed by atoms with Gasteiger partial charge in [0.2, 0.25) is 6.04 Å². The average Bonchev–Trinajstić information content (AvgIpc) is 2.02. The molecule has 2 atom stereocenters. The molecule has 5 N–H and O–H groups in total. The number of carboxylic acids is 1. The first-order valence-corrected chi connectivity index (χ1v) is 3.43. The lowest BCUT2D eigenvalue weighted by molar-refractivity contribution is -0.157. The lowest BCUT2D eigenvalue weighted by Crippen LogP contribution is -2.42. The molecule has 2 unspecified atom stereocenters. The van der Waals surface area contributed by atoms with Crippen LogP contribution in [0.15, 0.2) is 0 Å². The van der Waals surface area contributed by atoms with Crippen LogP contribution in [0.2, 0.25) is 0 Å². The van der Waals surface area contributed by atoms with Crippen LogP contribution in [0.3, 0.4) is 0 Å². The Labute approximate surface area is 69.5 Å². The van der Waals surface area contributed by atoms with Crippen LogP contribution in [0, 0.1) is 0 Å². The molecule has 0 bridgehead atoms. The van der Waals surface area contributed by atoms with Gasteiger partial charge >= 0.3 is 11.9 Å². The summed E-state index contributed by atoms with van der Waals surface area (Å²) in [4.78, 5) is 20.9. The van der Waals surface area contributed by atoms with Crippen molar-refractivity contribution in [2.75, 3.05) is 0 Å². The van der Waals surface area contributed by atoms with E-state index in [1.54, 1.807) is 6.92 Å². The first-order valence-electron chi connectivity index (χ1n) is 3.43. The van der Waals surface area contributed by atoms with Gasteiger partial charge in [0, 0.05) is 0 Å². The Bertz CT molecular complexity index is 182. The number of carbonyl (C=O) groups excluding carboxylic acids is 1. The second-order valence-corrected chi connectivity index (χ2v) is 2.20. The zero-order valence-electron chi connectivity index (χ0n) is 6.69. The third kappa shape index (κ3) is 3.31. The summed E-state index contributed by atoms with van der Waals surface area (Å²) in [6.45, 7) is 1.70. The Balaban J connectivity index is 3.95. The minimum absolute atomic E-state index is 0.415. The second kappa shape index (κ2) is 4.68. The van der Waals surface area contributed by atoms with E-state index < -0.39 is 24.2 Å². The molecular formula is C6H12N2O4. The number of nitrogens with two attached hydrogens (primary N) is 2. The molecule has 0 aliphatic carbocycles. The summed E-state index contributed by atoms with van der Waals surface area (Å²) in [5, 5.41) is 8.27. The van der Waals surface area contributed by atoms with Gasteiger partial charge in [0.1, 0.15) is 0 Å². The Hall–Kier alpha value is -1.14. The number of ether oxygens (including phenoxy) is 1. The number of carboxylic acid groups (broad SMARTS) is 1. The molecule has 0 aromatic heterocycles. The van der Waals surface area contributed by atoms with E-state index in [9.17, 15) is 9.59 Å². The van der Waals surface area contributed by atoms with Gasteiger partial charge in [-0.3, -0.25) is 5.73 Å². The van der Waals surface area contributed by atoms with Gasteiger partial charge in [-0.25, -0.2) is 9.59 Å². The van der Waals surface area contributed by atoms with Crippen molar-refractivity contribution in [1.82, 2.24) is 0 Å². The molecular weight excluding hydrogens is 164 g/mol. The highest BCUT2D eigenvalue weighted by molar-refractivity contribution is 5.97. The van der Waals surface area contributed by atoms with Crippen LogP contribution in [-0.4, -0.2) is 29.3 Å². The van der Waals surface area contributed by atoms with Crippen LogP contribution in [0.25, 0.3) is 0 Å². The van der Waals surface area contributed by atoms with Gasteiger partial charge in [0.25, 0.3) is 0 Å². The highest BCUT2D eigenvalue weighted by Crippen LogP contribution is 1.92. The minimum atomic E-state index is -1.65. The van der Waals surface area contributed by atoms with Crippen molar-refractivity contribution < 1.29 is 19.4 Å². The normalized spacial score (nSPS) is 14.9. The Morgan fingerprint density at radius 3 is 2.33 bits per heavy atom. The van der Waals surface area contributed by atoms with Gasteiger partial charge in [-0.1, -0.05) is 6.92 Å². The van der Waals surface area contributed by atoms with Crippen molar-refractivity contribution in [2.24, 2.45) is 11.5 Å². The summed E-state index contributed by atoms with van der Waals surface area (Å²) in [6, 6.07) is -1.65. The quantitative estimate of drug-likeness (QED) is 0.276. The summed E-state index contributed by atoms with van der Waals surface area (Å²) in [5.41, 5.74) is 10.2. The van der Waals surface area contributed by atoms with E-state index in [0.29, 0.717) is 6.42 Å². The zero-order chi connectivity index (χ0) is 9.72. The third-order valence-corrected chi connectivity index (χ3v) is 1.19. The first kappa shape index (κ1) is 10.9. The van der Waals surface area contributed by atoms with E-state index in [0.717, 1.165) is 0 Å². The van der Waals surface area contributed by atoms with E-state index >= 15 is 0 Å². The van der Waals surface area contributed by atoms with Crippen molar-refractivity contribution in [3.05, 3.63) is 0 Å². The summed E-state index contributed by atoms with van der Waals surface area (Å²) in [7, 11) is 0. The number of hydrogen-bond acceptors (Lipinski definition) is 5. The summed E-state index contributed by atoms with van der Waals surface area (Å²) in [5.74, 6) is -2.44. The number of esters is 1. The Kier molecular flexibility index (Phi) is 4.24.